The van der Waals surface area contributed by atoms with E-state index in [0.29, 0.717) is 6.04 Å². The predicted octanol–water partition coefficient (Wildman–Crippen LogP) is 2.19. The molecule has 0 N–H and O–H groups in total. The van der Waals surface area contributed by atoms with Crippen molar-refractivity contribution in [1.29, 1.82) is 0 Å². The van der Waals surface area contributed by atoms with Crippen molar-refractivity contribution in [2.45, 2.75) is 32.7 Å². The second-order valence-electron chi connectivity index (χ2n) is 4.69. The van der Waals surface area contributed by atoms with Gasteiger partial charge in [-0.25, -0.2) is 9.50 Å². The van der Waals surface area contributed by atoms with Crippen molar-refractivity contribution >= 4 is 5.65 Å². The highest BCUT2D eigenvalue weighted by atomic mass is 15.3. The Labute approximate surface area is 101 Å². The second kappa shape index (κ2) is 4.11. The third-order valence-corrected chi connectivity index (χ3v) is 3.63. The summed E-state index contributed by atoms with van der Waals surface area (Å²) < 4.78 is 1.95. The molecule has 0 aromatic carbocycles. The summed E-state index contributed by atoms with van der Waals surface area (Å²) in [4.78, 5) is 7.13. The molecular formula is C13H18N4. The van der Waals surface area contributed by atoms with Crippen LogP contribution in [0.3, 0.4) is 0 Å². The number of pyridine rings is 1. The first-order valence-electron chi connectivity index (χ1n) is 6.36. The molecule has 1 aliphatic rings. The standard InChI is InChI=1S/C13H18N4/c1-3-16-9-5-7-11(16)13-14-12-8-4-6-10(2)17(12)15-13/h4,6,8,11H,3,5,7,9H2,1-2H3. The van der Waals surface area contributed by atoms with Crippen molar-refractivity contribution < 1.29 is 0 Å². The number of rotatable bonds is 2. The SMILES string of the molecule is CCN1CCCC1c1nc2cccc(C)n2n1. The molecule has 3 heterocycles. The first-order chi connectivity index (χ1) is 8.29. The summed E-state index contributed by atoms with van der Waals surface area (Å²) >= 11 is 0. The summed E-state index contributed by atoms with van der Waals surface area (Å²) in [6.07, 6.45) is 2.44. The first kappa shape index (κ1) is 10.7. The number of hydrogen-bond acceptors (Lipinski definition) is 3. The van der Waals surface area contributed by atoms with E-state index in [2.05, 4.69) is 34.9 Å². The molecule has 3 rings (SSSR count). The number of aromatic nitrogens is 3. The van der Waals surface area contributed by atoms with Crippen molar-refractivity contribution in [3.05, 3.63) is 29.7 Å². The lowest BCUT2D eigenvalue weighted by Gasteiger charge is -2.19. The molecule has 4 heteroatoms. The first-order valence-corrected chi connectivity index (χ1v) is 6.36. The molecule has 0 spiro atoms. The molecule has 1 atom stereocenters. The molecule has 1 fully saturated rings. The highest BCUT2D eigenvalue weighted by molar-refractivity contribution is 5.39. The average molecular weight is 230 g/mol. The summed E-state index contributed by atoms with van der Waals surface area (Å²) in [7, 11) is 0. The van der Waals surface area contributed by atoms with Crippen LogP contribution in [0.4, 0.5) is 0 Å². The van der Waals surface area contributed by atoms with Gasteiger partial charge in [-0.05, 0) is 45.0 Å². The lowest BCUT2D eigenvalue weighted by molar-refractivity contribution is 0.262. The summed E-state index contributed by atoms with van der Waals surface area (Å²) in [5, 5.41) is 4.66. The number of hydrogen-bond donors (Lipinski definition) is 0. The zero-order valence-corrected chi connectivity index (χ0v) is 10.4. The van der Waals surface area contributed by atoms with Crippen molar-refractivity contribution in [2.24, 2.45) is 0 Å². The van der Waals surface area contributed by atoms with E-state index in [1.54, 1.807) is 0 Å². The molecule has 0 bridgehead atoms. The maximum atomic E-state index is 4.66. The molecular weight excluding hydrogens is 212 g/mol. The van der Waals surface area contributed by atoms with Gasteiger partial charge in [0.15, 0.2) is 11.5 Å². The fourth-order valence-corrected chi connectivity index (χ4v) is 2.69. The van der Waals surface area contributed by atoms with Gasteiger partial charge < -0.3 is 0 Å². The Bertz CT molecular complexity index is 531. The summed E-state index contributed by atoms with van der Waals surface area (Å²) in [5.74, 6) is 0.985. The molecule has 0 amide bonds. The van der Waals surface area contributed by atoms with E-state index in [1.165, 1.54) is 19.4 Å². The van der Waals surface area contributed by atoms with E-state index in [9.17, 15) is 0 Å². The van der Waals surface area contributed by atoms with Crippen LogP contribution in [0.15, 0.2) is 18.2 Å². The minimum Gasteiger partial charge on any atom is -0.294 e. The smallest absolute Gasteiger partial charge is 0.168 e. The van der Waals surface area contributed by atoms with Gasteiger partial charge in [0.1, 0.15) is 0 Å². The topological polar surface area (TPSA) is 33.4 Å². The van der Waals surface area contributed by atoms with E-state index in [0.717, 1.165) is 23.7 Å². The van der Waals surface area contributed by atoms with Gasteiger partial charge in [0.05, 0.1) is 6.04 Å². The monoisotopic (exact) mass is 230 g/mol. The molecule has 2 aromatic rings. The van der Waals surface area contributed by atoms with Crippen LogP contribution in [0.25, 0.3) is 5.65 Å². The number of fused-ring (bicyclic) bond motifs is 1. The van der Waals surface area contributed by atoms with E-state index in [4.69, 9.17) is 0 Å². The third kappa shape index (κ3) is 1.72. The van der Waals surface area contributed by atoms with Crippen LogP contribution in [0.1, 0.15) is 37.3 Å². The molecule has 2 aromatic heterocycles. The Morgan fingerprint density at radius 1 is 1.41 bits per heavy atom. The molecule has 1 saturated heterocycles. The molecule has 1 aliphatic heterocycles. The molecule has 4 nitrogen and oxygen atoms in total. The van der Waals surface area contributed by atoms with Gasteiger partial charge in [-0.15, -0.1) is 5.10 Å². The summed E-state index contributed by atoms with van der Waals surface area (Å²) in [5.41, 5.74) is 2.10. The predicted molar refractivity (Wildman–Crippen MR) is 66.9 cm³/mol. The summed E-state index contributed by atoms with van der Waals surface area (Å²) in [6, 6.07) is 6.54. The molecule has 0 saturated carbocycles. The lowest BCUT2D eigenvalue weighted by atomic mass is 10.2. The molecule has 0 radical (unpaired) electrons. The van der Waals surface area contributed by atoms with E-state index in [-0.39, 0.29) is 0 Å². The van der Waals surface area contributed by atoms with Crippen molar-refractivity contribution in [3.8, 4) is 0 Å². The third-order valence-electron chi connectivity index (χ3n) is 3.63. The number of nitrogens with zero attached hydrogens (tertiary/aromatic N) is 4. The lowest BCUT2D eigenvalue weighted by Crippen LogP contribution is -2.23. The number of likely N-dealkylation sites (tertiary alicyclic amines) is 1. The number of aryl methyl sites for hydroxylation is 1. The van der Waals surface area contributed by atoms with E-state index in [1.807, 2.05) is 16.6 Å². The molecule has 1 unspecified atom stereocenters. The van der Waals surface area contributed by atoms with E-state index >= 15 is 0 Å². The Hall–Kier alpha value is -1.42. The fraction of sp³-hybridized carbons (Fsp3) is 0.538. The van der Waals surface area contributed by atoms with Gasteiger partial charge >= 0.3 is 0 Å². The quantitative estimate of drug-likeness (QED) is 0.793. The van der Waals surface area contributed by atoms with Crippen LogP contribution >= 0.6 is 0 Å². The van der Waals surface area contributed by atoms with Crippen LogP contribution in [0.2, 0.25) is 0 Å². The fourth-order valence-electron chi connectivity index (χ4n) is 2.69. The zero-order valence-electron chi connectivity index (χ0n) is 10.4. The van der Waals surface area contributed by atoms with Gasteiger partial charge in [0, 0.05) is 5.69 Å². The van der Waals surface area contributed by atoms with Gasteiger partial charge in [-0.3, -0.25) is 4.90 Å². The highest BCUT2D eigenvalue weighted by Crippen LogP contribution is 2.29. The largest absolute Gasteiger partial charge is 0.294 e. The highest BCUT2D eigenvalue weighted by Gasteiger charge is 2.28. The van der Waals surface area contributed by atoms with Crippen molar-refractivity contribution in [2.75, 3.05) is 13.1 Å². The van der Waals surface area contributed by atoms with Crippen LogP contribution in [0, 0.1) is 6.92 Å². The maximum absolute atomic E-state index is 4.66. The minimum atomic E-state index is 0.416. The Morgan fingerprint density at radius 2 is 2.29 bits per heavy atom. The molecule has 90 valence electrons. The minimum absolute atomic E-state index is 0.416. The van der Waals surface area contributed by atoms with Gasteiger partial charge in [-0.1, -0.05) is 13.0 Å². The molecule has 17 heavy (non-hydrogen) atoms. The zero-order chi connectivity index (χ0) is 11.8. The molecule has 0 aliphatic carbocycles. The van der Waals surface area contributed by atoms with E-state index < -0.39 is 0 Å². The van der Waals surface area contributed by atoms with Gasteiger partial charge in [-0.2, -0.15) is 0 Å². The maximum Gasteiger partial charge on any atom is 0.168 e. The average Bonchev–Trinajstić information content (AvgIpc) is 2.94. The van der Waals surface area contributed by atoms with Gasteiger partial charge in [0.25, 0.3) is 0 Å². The Morgan fingerprint density at radius 3 is 3.06 bits per heavy atom. The van der Waals surface area contributed by atoms with Crippen molar-refractivity contribution in [3.63, 3.8) is 0 Å². The van der Waals surface area contributed by atoms with Crippen LogP contribution in [0.5, 0.6) is 0 Å². The van der Waals surface area contributed by atoms with Crippen LogP contribution in [-0.2, 0) is 0 Å². The Balaban J connectivity index is 2.03. The Kier molecular flexibility index (Phi) is 2.59. The van der Waals surface area contributed by atoms with Gasteiger partial charge in [0.2, 0.25) is 0 Å². The normalized spacial score (nSPS) is 21.4. The summed E-state index contributed by atoms with van der Waals surface area (Å²) in [6.45, 7) is 6.53. The van der Waals surface area contributed by atoms with Crippen molar-refractivity contribution in [1.82, 2.24) is 19.5 Å². The second-order valence-corrected chi connectivity index (χ2v) is 4.69. The van der Waals surface area contributed by atoms with Crippen LogP contribution in [-0.4, -0.2) is 32.6 Å². The van der Waals surface area contributed by atoms with Crippen LogP contribution < -0.4 is 0 Å².